The molecule has 3 rings (SSSR count). The summed E-state index contributed by atoms with van der Waals surface area (Å²) in [5, 5.41) is 7.60. The molecule has 1 N–H and O–H groups in total. The van der Waals surface area contributed by atoms with E-state index in [-0.39, 0.29) is 0 Å². The van der Waals surface area contributed by atoms with Crippen LogP contribution in [0.5, 0.6) is 0 Å². The molecule has 1 aromatic heterocycles. The number of halogens is 1. The summed E-state index contributed by atoms with van der Waals surface area (Å²) in [5.74, 6) is 0. The molecule has 0 bridgehead atoms. The monoisotopic (exact) mass is 292 g/mol. The highest BCUT2D eigenvalue weighted by Crippen LogP contribution is 2.28. The van der Waals surface area contributed by atoms with E-state index in [1.165, 1.54) is 16.7 Å². The van der Waals surface area contributed by atoms with Gasteiger partial charge in [-0.15, -0.1) is 11.3 Å². The third-order valence-electron chi connectivity index (χ3n) is 3.59. The quantitative estimate of drug-likeness (QED) is 0.918. The fraction of sp³-hybridized carbons (Fsp3) is 0.400. The molecule has 2 heterocycles. The second kappa shape index (κ2) is 5.61. The lowest BCUT2D eigenvalue weighted by molar-refractivity contribution is 0.710. The fourth-order valence-corrected chi connectivity index (χ4v) is 3.67. The highest BCUT2D eigenvalue weighted by Gasteiger charge is 2.16. The summed E-state index contributed by atoms with van der Waals surface area (Å²) in [5.41, 5.74) is 5.25. The number of hydrogen-bond donors (Lipinski definition) is 1. The molecule has 2 nitrogen and oxygen atoms in total. The van der Waals surface area contributed by atoms with Crippen LogP contribution in [0.2, 0.25) is 5.02 Å². The minimum Gasteiger partial charge on any atom is -0.316 e. The van der Waals surface area contributed by atoms with Gasteiger partial charge < -0.3 is 5.32 Å². The van der Waals surface area contributed by atoms with E-state index in [4.69, 9.17) is 11.6 Å². The summed E-state index contributed by atoms with van der Waals surface area (Å²) in [6.45, 7) is 4.14. The van der Waals surface area contributed by atoms with Crippen molar-refractivity contribution in [3.63, 3.8) is 0 Å². The van der Waals surface area contributed by atoms with Gasteiger partial charge in [0.2, 0.25) is 0 Å². The average Bonchev–Trinajstić information content (AvgIpc) is 2.66. The second-order valence-electron chi connectivity index (χ2n) is 4.97. The van der Waals surface area contributed by atoms with Crippen LogP contribution in [-0.4, -0.2) is 18.1 Å². The number of aromatic nitrogens is 1. The lowest BCUT2D eigenvalue weighted by Crippen LogP contribution is -2.16. The van der Waals surface area contributed by atoms with Crippen molar-refractivity contribution in [2.45, 2.75) is 26.2 Å². The van der Waals surface area contributed by atoms with Gasteiger partial charge >= 0.3 is 0 Å². The van der Waals surface area contributed by atoms with Crippen molar-refractivity contribution in [1.82, 2.24) is 10.3 Å². The third-order valence-corrected chi connectivity index (χ3v) is 4.91. The topological polar surface area (TPSA) is 24.9 Å². The van der Waals surface area contributed by atoms with Gasteiger partial charge in [-0.1, -0.05) is 17.7 Å². The van der Waals surface area contributed by atoms with E-state index in [1.54, 1.807) is 11.3 Å². The van der Waals surface area contributed by atoms with Gasteiger partial charge in [0, 0.05) is 22.5 Å². The lowest BCUT2D eigenvalue weighted by atomic mass is 9.95. The van der Waals surface area contributed by atoms with Crippen molar-refractivity contribution in [3.8, 4) is 0 Å². The maximum Gasteiger partial charge on any atom is 0.0972 e. The van der Waals surface area contributed by atoms with E-state index < -0.39 is 0 Å². The lowest BCUT2D eigenvalue weighted by Gasteiger charge is -2.13. The zero-order valence-corrected chi connectivity index (χ0v) is 12.6. The SMILES string of the molecule is Cc1csc(Cc2c(Cl)ccc3c2CCNCC3)n1. The molecule has 0 saturated heterocycles. The van der Waals surface area contributed by atoms with Crippen LogP contribution in [0.25, 0.3) is 0 Å². The van der Waals surface area contributed by atoms with Crippen molar-refractivity contribution < 1.29 is 0 Å². The summed E-state index contributed by atoms with van der Waals surface area (Å²) < 4.78 is 0. The molecule has 1 aliphatic rings. The van der Waals surface area contributed by atoms with E-state index in [9.17, 15) is 0 Å². The number of aryl methyl sites for hydroxylation is 1. The molecular weight excluding hydrogens is 276 g/mol. The average molecular weight is 293 g/mol. The van der Waals surface area contributed by atoms with Gasteiger partial charge in [-0.25, -0.2) is 4.98 Å². The summed E-state index contributed by atoms with van der Waals surface area (Å²) >= 11 is 8.15. The Bertz CT molecular complexity index is 592. The zero-order chi connectivity index (χ0) is 13.2. The molecule has 1 aliphatic heterocycles. The summed E-state index contributed by atoms with van der Waals surface area (Å²) in [6, 6.07) is 4.22. The number of thiazole rings is 1. The third kappa shape index (κ3) is 2.83. The van der Waals surface area contributed by atoms with E-state index in [0.29, 0.717) is 0 Å². The van der Waals surface area contributed by atoms with Gasteiger partial charge in [0.15, 0.2) is 0 Å². The number of benzene rings is 1. The Balaban J connectivity index is 1.99. The minimum absolute atomic E-state index is 0.862. The molecule has 0 saturated carbocycles. The van der Waals surface area contributed by atoms with Crippen molar-refractivity contribution in [3.05, 3.63) is 49.9 Å². The molecule has 0 unspecified atom stereocenters. The first-order valence-corrected chi connectivity index (χ1v) is 7.90. The predicted molar refractivity (Wildman–Crippen MR) is 81.4 cm³/mol. The molecule has 19 heavy (non-hydrogen) atoms. The van der Waals surface area contributed by atoms with Crippen LogP contribution in [0.1, 0.15) is 27.4 Å². The molecule has 2 aromatic rings. The van der Waals surface area contributed by atoms with Gasteiger partial charge in [0.25, 0.3) is 0 Å². The van der Waals surface area contributed by atoms with Crippen LogP contribution in [0.3, 0.4) is 0 Å². The Morgan fingerprint density at radius 2 is 2.16 bits per heavy atom. The Morgan fingerprint density at radius 1 is 1.32 bits per heavy atom. The number of fused-ring (bicyclic) bond motifs is 1. The van der Waals surface area contributed by atoms with Crippen LogP contribution in [0.4, 0.5) is 0 Å². The van der Waals surface area contributed by atoms with Gasteiger partial charge in [-0.05, 0) is 55.6 Å². The summed E-state index contributed by atoms with van der Waals surface area (Å²) in [4.78, 5) is 4.56. The number of nitrogens with zero attached hydrogens (tertiary/aromatic N) is 1. The first-order chi connectivity index (χ1) is 9.24. The fourth-order valence-electron chi connectivity index (χ4n) is 2.65. The van der Waals surface area contributed by atoms with E-state index >= 15 is 0 Å². The van der Waals surface area contributed by atoms with Crippen LogP contribution in [0.15, 0.2) is 17.5 Å². The molecular formula is C15H17ClN2S. The maximum absolute atomic E-state index is 6.43. The molecule has 0 fully saturated rings. The molecule has 1 aromatic carbocycles. The van der Waals surface area contributed by atoms with E-state index in [1.807, 2.05) is 13.0 Å². The van der Waals surface area contributed by atoms with Crippen molar-refractivity contribution in [2.75, 3.05) is 13.1 Å². The molecule has 100 valence electrons. The first kappa shape index (κ1) is 13.1. The van der Waals surface area contributed by atoms with Gasteiger partial charge in [0.05, 0.1) is 5.01 Å². The Morgan fingerprint density at radius 3 is 2.95 bits per heavy atom. The number of rotatable bonds is 2. The van der Waals surface area contributed by atoms with Crippen LogP contribution >= 0.6 is 22.9 Å². The van der Waals surface area contributed by atoms with Crippen molar-refractivity contribution in [1.29, 1.82) is 0 Å². The van der Waals surface area contributed by atoms with Gasteiger partial charge in [0.1, 0.15) is 0 Å². The molecule has 0 amide bonds. The van der Waals surface area contributed by atoms with Gasteiger partial charge in [-0.2, -0.15) is 0 Å². The molecule has 0 radical (unpaired) electrons. The van der Waals surface area contributed by atoms with Crippen molar-refractivity contribution in [2.24, 2.45) is 0 Å². The van der Waals surface area contributed by atoms with Crippen LogP contribution in [-0.2, 0) is 19.3 Å². The Kier molecular flexibility index (Phi) is 3.87. The highest BCUT2D eigenvalue weighted by molar-refractivity contribution is 7.09. The minimum atomic E-state index is 0.862. The molecule has 0 atom stereocenters. The van der Waals surface area contributed by atoms with Crippen LogP contribution in [0, 0.1) is 6.92 Å². The van der Waals surface area contributed by atoms with Crippen molar-refractivity contribution >= 4 is 22.9 Å². The summed E-state index contributed by atoms with van der Waals surface area (Å²) in [7, 11) is 0. The van der Waals surface area contributed by atoms with Crippen LogP contribution < -0.4 is 5.32 Å². The van der Waals surface area contributed by atoms with Gasteiger partial charge in [-0.3, -0.25) is 0 Å². The largest absolute Gasteiger partial charge is 0.316 e. The van der Waals surface area contributed by atoms with E-state index in [0.717, 1.165) is 48.1 Å². The maximum atomic E-state index is 6.43. The highest BCUT2D eigenvalue weighted by atomic mass is 35.5. The zero-order valence-electron chi connectivity index (χ0n) is 11.0. The standard InChI is InChI=1S/C15H17ClN2S/c1-10-9-19-15(18-10)8-13-12-5-7-17-6-4-11(12)2-3-14(13)16/h2-3,9,17H,4-8H2,1H3. The molecule has 0 aliphatic carbocycles. The summed E-state index contributed by atoms with van der Waals surface area (Å²) in [6.07, 6.45) is 3.02. The molecule has 4 heteroatoms. The Hall–Kier alpha value is -0.900. The second-order valence-corrected chi connectivity index (χ2v) is 6.32. The number of hydrogen-bond acceptors (Lipinski definition) is 3. The Labute approximate surface area is 122 Å². The van der Waals surface area contributed by atoms with E-state index in [2.05, 4.69) is 21.7 Å². The smallest absolute Gasteiger partial charge is 0.0972 e. The predicted octanol–water partition coefficient (Wildman–Crippen LogP) is 3.38. The first-order valence-electron chi connectivity index (χ1n) is 6.65. The molecule has 0 spiro atoms. The normalized spacial score (nSPS) is 15.1. The number of nitrogens with one attached hydrogen (secondary N) is 1.